The molecule has 0 amide bonds. The zero-order valence-corrected chi connectivity index (χ0v) is 15.6. The van der Waals surface area contributed by atoms with Gasteiger partial charge in [-0.25, -0.2) is 0 Å². The molecule has 0 heterocycles. The third kappa shape index (κ3) is 5.21. The molecule has 0 saturated heterocycles. The molecule has 4 heteroatoms. The van der Waals surface area contributed by atoms with Crippen molar-refractivity contribution in [2.45, 2.75) is 84.7 Å². The monoisotopic (exact) mass is 335 g/mol. The molecule has 0 spiro atoms. The lowest BCUT2D eigenvalue weighted by atomic mass is 9.71. The topological polar surface area (TPSA) is 59.3 Å². The number of hydrogen-bond acceptors (Lipinski definition) is 4. The van der Waals surface area contributed by atoms with Gasteiger partial charge >= 0.3 is 5.97 Å². The number of ether oxygens (including phenoxy) is 2. The molecule has 2 rings (SSSR count). The highest BCUT2D eigenvalue weighted by Gasteiger charge is 2.31. The number of nitriles is 1. The van der Waals surface area contributed by atoms with Gasteiger partial charge in [0.15, 0.2) is 6.79 Å². The van der Waals surface area contributed by atoms with Crippen molar-refractivity contribution in [2.75, 3.05) is 6.79 Å². The van der Waals surface area contributed by atoms with Crippen LogP contribution in [-0.2, 0) is 14.3 Å². The van der Waals surface area contributed by atoms with Crippen LogP contribution in [-0.4, -0.2) is 18.9 Å². The summed E-state index contributed by atoms with van der Waals surface area (Å²) >= 11 is 0. The highest BCUT2D eigenvalue weighted by molar-refractivity contribution is 5.75. The Balaban J connectivity index is 1.63. The summed E-state index contributed by atoms with van der Waals surface area (Å²) in [5.41, 5.74) is -0.427. The first-order valence-corrected chi connectivity index (χ1v) is 9.64. The van der Waals surface area contributed by atoms with Crippen molar-refractivity contribution in [3.63, 3.8) is 0 Å². The molecule has 2 aliphatic rings. The average molecular weight is 335 g/mol. The first-order chi connectivity index (χ1) is 11.5. The lowest BCUT2D eigenvalue weighted by Crippen LogP contribution is -2.30. The van der Waals surface area contributed by atoms with Crippen LogP contribution in [0.3, 0.4) is 0 Å². The predicted molar refractivity (Wildman–Crippen MR) is 92.9 cm³/mol. The van der Waals surface area contributed by atoms with E-state index in [-0.39, 0.29) is 18.9 Å². The van der Waals surface area contributed by atoms with Gasteiger partial charge in [-0.3, -0.25) is 4.79 Å². The minimum absolute atomic E-state index is 0.0882. The summed E-state index contributed by atoms with van der Waals surface area (Å²) in [6.07, 6.45) is 10.2. The van der Waals surface area contributed by atoms with Crippen molar-refractivity contribution < 1.29 is 14.3 Å². The Bertz CT molecular complexity index is 438. The fourth-order valence-electron chi connectivity index (χ4n) is 3.97. The summed E-state index contributed by atoms with van der Waals surface area (Å²) in [5, 5.41) is 9.01. The predicted octanol–water partition coefficient (Wildman–Crippen LogP) is 4.83. The summed E-state index contributed by atoms with van der Waals surface area (Å²) < 4.78 is 11.1. The maximum absolute atomic E-state index is 11.9. The number of rotatable bonds is 6. The molecule has 0 unspecified atom stereocenters. The van der Waals surface area contributed by atoms with Gasteiger partial charge in [0.05, 0.1) is 17.6 Å². The van der Waals surface area contributed by atoms with Crippen LogP contribution in [0.1, 0.15) is 78.6 Å². The van der Waals surface area contributed by atoms with Gasteiger partial charge in [0.1, 0.15) is 0 Å². The van der Waals surface area contributed by atoms with Gasteiger partial charge in [-0.15, -0.1) is 0 Å². The van der Waals surface area contributed by atoms with E-state index in [1.54, 1.807) is 0 Å². The minimum atomic E-state index is -0.427. The maximum atomic E-state index is 11.9. The van der Waals surface area contributed by atoms with Crippen LogP contribution >= 0.6 is 0 Å². The van der Waals surface area contributed by atoms with Crippen molar-refractivity contribution >= 4 is 5.97 Å². The van der Waals surface area contributed by atoms with Gasteiger partial charge in [0.2, 0.25) is 0 Å². The van der Waals surface area contributed by atoms with E-state index in [1.165, 1.54) is 25.7 Å². The van der Waals surface area contributed by atoms with Crippen LogP contribution in [0, 0.1) is 34.5 Å². The quantitative estimate of drug-likeness (QED) is 0.515. The Morgan fingerprint density at radius 3 is 2.08 bits per heavy atom. The van der Waals surface area contributed by atoms with Crippen molar-refractivity contribution in [3.8, 4) is 6.07 Å². The first kappa shape index (κ1) is 19.2. The number of hydrogen-bond donors (Lipinski definition) is 0. The molecule has 136 valence electrons. The van der Waals surface area contributed by atoms with E-state index in [4.69, 9.17) is 14.7 Å². The second kappa shape index (κ2) is 8.85. The van der Waals surface area contributed by atoms with Gasteiger partial charge in [0, 0.05) is 5.92 Å². The van der Waals surface area contributed by atoms with Crippen LogP contribution in [0.5, 0.6) is 0 Å². The normalized spacial score (nSPS) is 31.2. The van der Waals surface area contributed by atoms with E-state index < -0.39 is 5.41 Å². The summed E-state index contributed by atoms with van der Waals surface area (Å²) in [5.74, 6) is 1.72. The highest BCUT2D eigenvalue weighted by Crippen LogP contribution is 2.40. The van der Waals surface area contributed by atoms with E-state index in [1.807, 2.05) is 20.8 Å². The molecular formula is C20H33NO3. The average Bonchev–Trinajstić information content (AvgIpc) is 2.62. The van der Waals surface area contributed by atoms with Gasteiger partial charge in [0.25, 0.3) is 0 Å². The molecule has 0 atom stereocenters. The van der Waals surface area contributed by atoms with Crippen molar-refractivity contribution in [2.24, 2.45) is 23.2 Å². The lowest BCUT2D eigenvalue weighted by Gasteiger charge is -2.36. The van der Waals surface area contributed by atoms with E-state index in [2.05, 4.69) is 6.07 Å². The second-order valence-electron chi connectivity index (χ2n) is 8.23. The molecule has 2 aliphatic carbocycles. The molecule has 2 saturated carbocycles. The third-order valence-corrected chi connectivity index (χ3v) is 6.27. The molecular weight excluding hydrogens is 302 g/mol. The van der Waals surface area contributed by atoms with Gasteiger partial charge < -0.3 is 9.47 Å². The van der Waals surface area contributed by atoms with Gasteiger partial charge in [-0.2, -0.15) is 5.26 Å². The summed E-state index contributed by atoms with van der Waals surface area (Å²) in [6.45, 7) is 5.89. The van der Waals surface area contributed by atoms with Crippen molar-refractivity contribution in [3.05, 3.63) is 0 Å². The Morgan fingerprint density at radius 1 is 1.04 bits per heavy atom. The fourth-order valence-corrected chi connectivity index (χ4v) is 3.97. The van der Waals surface area contributed by atoms with E-state index in [0.717, 1.165) is 43.9 Å². The molecule has 0 aliphatic heterocycles. The third-order valence-electron chi connectivity index (χ3n) is 6.27. The lowest BCUT2D eigenvalue weighted by molar-refractivity contribution is -0.173. The molecule has 24 heavy (non-hydrogen) atoms. The molecule has 0 N–H and O–H groups in total. The summed E-state index contributed by atoms with van der Waals surface area (Å²) in [7, 11) is 0. The molecule has 0 aromatic rings. The standard InChI is InChI=1S/C20H33NO3/c1-4-20(2,3)19(22)24-14-23-18-11-9-17(10-12-18)16-7-5-15(13-21)6-8-16/h15-18H,4-12,14H2,1-3H3. The van der Waals surface area contributed by atoms with Crippen molar-refractivity contribution in [1.82, 2.24) is 0 Å². The van der Waals surface area contributed by atoms with Crippen LogP contribution < -0.4 is 0 Å². The van der Waals surface area contributed by atoms with Crippen molar-refractivity contribution in [1.29, 1.82) is 5.26 Å². The molecule has 0 aromatic heterocycles. The van der Waals surface area contributed by atoms with Crippen LogP contribution in [0.2, 0.25) is 0 Å². The van der Waals surface area contributed by atoms with Gasteiger partial charge in [-0.05, 0) is 83.5 Å². The van der Waals surface area contributed by atoms with Crippen LogP contribution in [0.4, 0.5) is 0 Å². The Labute approximate surface area is 146 Å². The maximum Gasteiger partial charge on any atom is 0.313 e. The molecule has 2 fully saturated rings. The fraction of sp³-hybridized carbons (Fsp3) is 0.900. The first-order valence-electron chi connectivity index (χ1n) is 9.64. The van der Waals surface area contributed by atoms with E-state index in [0.29, 0.717) is 5.92 Å². The Hall–Kier alpha value is -1.08. The van der Waals surface area contributed by atoms with E-state index >= 15 is 0 Å². The molecule has 0 bridgehead atoms. The summed E-state index contributed by atoms with van der Waals surface area (Å²) in [6, 6.07) is 2.42. The number of esters is 1. The number of carbonyl (C=O) groups is 1. The SMILES string of the molecule is CCC(C)(C)C(=O)OCOC1CCC(C2CCC(C#N)CC2)CC1. The van der Waals surface area contributed by atoms with Gasteiger partial charge in [-0.1, -0.05) is 6.92 Å². The highest BCUT2D eigenvalue weighted by atomic mass is 16.7. The summed E-state index contributed by atoms with van der Waals surface area (Å²) in [4.78, 5) is 11.9. The molecule has 0 aromatic carbocycles. The smallest absolute Gasteiger partial charge is 0.313 e. The zero-order chi connectivity index (χ0) is 17.6. The van der Waals surface area contributed by atoms with Crippen LogP contribution in [0.15, 0.2) is 0 Å². The molecule has 0 radical (unpaired) electrons. The number of carbonyl (C=O) groups excluding carboxylic acids is 1. The van der Waals surface area contributed by atoms with E-state index in [9.17, 15) is 4.79 Å². The second-order valence-corrected chi connectivity index (χ2v) is 8.23. The zero-order valence-electron chi connectivity index (χ0n) is 15.6. The Kier molecular flexibility index (Phi) is 7.10. The number of nitrogens with zero attached hydrogens (tertiary/aromatic N) is 1. The Morgan fingerprint density at radius 2 is 1.58 bits per heavy atom. The molecule has 4 nitrogen and oxygen atoms in total. The largest absolute Gasteiger partial charge is 0.438 e. The van der Waals surface area contributed by atoms with Crippen LogP contribution in [0.25, 0.3) is 0 Å². The minimum Gasteiger partial charge on any atom is -0.438 e.